The Hall–Kier alpha value is -2.57. The first-order valence-corrected chi connectivity index (χ1v) is 9.63. The first-order valence-electron chi connectivity index (χ1n) is 8.44. The van der Waals surface area contributed by atoms with Crippen molar-refractivity contribution >= 4 is 34.8 Å². The molecule has 1 aromatic carbocycles. The SMILES string of the molecule is O=C(OCc1ccc(Cl)s1)[C@@H]1Cc2ccccc2CN1C(=O)c1ccco1. The van der Waals surface area contributed by atoms with E-state index in [2.05, 4.69) is 0 Å². The fourth-order valence-corrected chi connectivity index (χ4v) is 4.16. The van der Waals surface area contributed by atoms with Crippen molar-refractivity contribution in [1.29, 1.82) is 0 Å². The number of ether oxygens (including phenoxy) is 1. The Balaban J connectivity index is 1.56. The Bertz CT molecular complexity index is 966. The van der Waals surface area contributed by atoms with Crippen LogP contribution in [0.25, 0.3) is 0 Å². The van der Waals surface area contributed by atoms with Crippen LogP contribution in [0.1, 0.15) is 26.6 Å². The van der Waals surface area contributed by atoms with Gasteiger partial charge in [0.15, 0.2) is 5.76 Å². The summed E-state index contributed by atoms with van der Waals surface area (Å²) in [6.45, 7) is 0.470. The highest BCUT2D eigenvalue weighted by Crippen LogP contribution is 2.27. The van der Waals surface area contributed by atoms with Gasteiger partial charge in [-0.1, -0.05) is 35.9 Å². The van der Waals surface area contributed by atoms with Crippen LogP contribution in [0.15, 0.2) is 59.2 Å². The molecular weight excluding hydrogens is 386 g/mol. The fraction of sp³-hybridized carbons (Fsp3) is 0.200. The summed E-state index contributed by atoms with van der Waals surface area (Å²) in [6, 6.07) is 13.9. The van der Waals surface area contributed by atoms with Crippen molar-refractivity contribution in [3.63, 3.8) is 0 Å². The van der Waals surface area contributed by atoms with Gasteiger partial charge in [0.05, 0.1) is 10.6 Å². The zero-order valence-electron chi connectivity index (χ0n) is 14.3. The third-order valence-corrected chi connectivity index (χ3v) is 5.70. The van der Waals surface area contributed by atoms with Crippen molar-refractivity contribution in [3.8, 4) is 0 Å². The minimum atomic E-state index is -0.701. The number of nitrogens with zero attached hydrogens (tertiary/aromatic N) is 1. The van der Waals surface area contributed by atoms with E-state index in [1.54, 1.807) is 18.2 Å². The Morgan fingerprint density at radius 3 is 2.67 bits per heavy atom. The lowest BCUT2D eigenvalue weighted by Gasteiger charge is -2.34. The topological polar surface area (TPSA) is 59.8 Å². The molecule has 138 valence electrons. The fourth-order valence-electron chi connectivity index (χ4n) is 3.16. The van der Waals surface area contributed by atoms with Crippen LogP contribution in [0, 0.1) is 0 Å². The summed E-state index contributed by atoms with van der Waals surface area (Å²) in [5.41, 5.74) is 2.06. The molecule has 0 unspecified atom stereocenters. The van der Waals surface area contributed by atoms with E-state index < -0.39 is 12.0 Å². The van der Waals surface area contributed by atoms with Gasteiger partial charge in [-0.15, -0.1) is 11.3 Å². The summed E-state index contributed by atoms with van der Waals surface area (Å²) in [7, 11) is 0. The molecule has 0 saturated carbocycles. The normalized spacial score (nSPS) is 16.0. The van der Waals surface area contributed by atoms with Crippen LogP contribution in [0.2, 0.25) is 4.34 Å². The third-order valence-electron chi connectivity index (χ3n) is 4.50. The molecule has 0 radical (unpaired) electrons. The molecule has 27 heavy (non-hydrogen) atoms. The smallest absolute Gasteiger partial charge is 0.329 e. The average Bonchev–Trinajstić information content (AvgIpc) is 3.36. The largest absolute Gasteiger partial charge is 0.459 e. The summed E-state index contributed by atoms with van der Waals surface area (Å²) in [6.07, 6.45) is 1.85. The lowest BCUT2D eigenvalue weighted by Crippen LogP contribution is -2.49. The van der Waals surface area contributed by atoms with Crippen molar-refractivity contribution in [3.05, 3.63) is 80.9 Å². The summed E-state index contributed by atoms with van der Waals surface area (Å²) in [5, 5.41) is 0. The molecule has 1 amide bonds. The Labute approximate surface area is 165 Å². The molecule has 0 bridgehead atoms. The van der Waals surface area contributed by atoms with Crippen molar-refractivity contribution < 1.29 is 18.7 Å². The summed E-state index contributed by atoms with van der Waals surface area (Å²) >= 11 is 7.28. The van der Waals surface area contributed by atoms with Crippen LogP contribution in [-0.4, -0.2) is 22.8 Å². The molecule has 3 heterocycles. The van der Waals surface area contributed by atoms with E-state index in [0.29, 0.717) is 17.3 Å². The van der Waals surface area contributed by atoms with Gasteiger partial charge in [0.2, 0.25) is 0 Å². The molecule has 1 aliphatic heterocycles. The second kappa shape index (κ2) is 7.58. The standard InChI is InChI=1S/C20H16ClNO4S/c21-18-8-7-15(27-18)12-26-20(24)16-10-13-4-1-2-5-14(13)11-22(16)19(23)17-6-3-9-25-17/h1-9,16H,10-12H2/t16-/m0/s1. The molecule has 0 saturated heterocycles. The molecule has 5 nitrogen and oxygen atoms in total. The van der Waals surface area contributed by atoms with Gasteiger partial charge in [0, 0.05) is 17.8 Å². The molecule has 0 fully saturated rings. The Morgan fingerprint density at radius 1 is 1.15 bits per heavy atom. The molecular formula is C20H16ClNO4S. The maximum Gasteiger partial charge on any atom is 0.329 e. The second-order valence-electron chi connectivity index (χ2n) is 6.21. The summed E-state index contributed by atoms with van der Waals surface area (Å²) in [5.74, 6) is -0.554. The predicted molar refractivity (Wildman–Crippen MR) is 102 cm³/mol. The number of esters is 1. The van der Waals surface area contributed by atoms with Crippen LogP contribution < -0.4 is 0 Å². The third kappa shape index (κ3) is 3.77. The van der Waals surface area contributed by atoms with Crippen LogP contribution in [0.5, 0.6) is 0 Å². The Morgan fingerprint density at radius 2 is 1.96 bits per heavy atom. The van der Waals surface area contributed by atoms with E-state index in [0.717, 1.165) is 16.0 Å². The first-order chi connectivity index (χ1) is 13.1. The first kappa shape index (κ1) is 17.8. The number of benzene rings is 1. The zero-order valence-corrected chi connectivity index (χ0v) is 15.8. The average molecular weight is 402 g/mol. The quantitative estimate of drug-likeness (QED) is 0.611. The van der Waals surface area contributed by atoms with E-state index in [4.69, 9.17) is 20.8 Å². The Kier molecular flexibility index (Phi) is 5.01. The van der Waals surface area contributed by atoms with E-state index in [-0.39, 0.29) is 18.3 Å². The number of rotatable bonds is 4. The highest BCUT2D eigenvalue weighted by atomic mass is 35.5. The molecule has 0 aliphatic carbocycles. The molecule has 0 spiro atoms. The maximum absolute atomic E-state index is 12.9. The summed E-state index contributed by atoms with van der Waals surface area (Å²) in [4.78, 5) is 28.0. The van der Waals surface area contributed by atoms with Gasteiger partial charge in [0.1, 0.15) is 12.6 Å². The van der Waals surface area contributed by atoms with Crippen LogP contribution in [0.3, 0.4) is 0 Å². The second-order valence-corrected chi connectivity index (χ2v) is 8.01. The van der Waals surface area contributed by atoms with E-state index in [9.17, 15) is 9.59 Å². The predicted octanol–water partition coefficient (Wildman–Crippen LogP) is 4.31. The molecule has 7 heteroatoms. The highest BCUT2D eigenvalue weighted by Gasteiger charge is 2.37. The monoisotopic (exact) mass is 401 g/mol. The minimum absolute atomic E-state index is 0.136. The van der Waals surface area contributed by atoms with Gasteiger partial charge in [0.25, 0.3) is 5.91 Å². The van der Waals surface area contributed by atoms with E-state index >= 15 is 0 Å². The van der Waals surface area contributed by atoms with Gasteiger partial charge in [-0.3, -0.25) is 4.79 Å². The van der Waals surface area contributed by atoms with E-state index in [1.807, 2.05) is 30.3 Å². The minimum Gasteiger partial charge on any atom is -0.459 e. The number of carbonyl (C=O) groups excluding carboxylic acids is 2. The van der Waals surface area contributed by atoms with Crippen molar-refractivity contribution in [2.45, 2.75) is 25.6 Å². The molecule has 1 atom stereocenters. The molecule has 4 rings (SSSR count). The van der Waals surface area contributed by atoms with E-state index in [1.165, 1.54) is 22.5 Å². The van der Waals surface area contributed by atoms with Crippen molar-refractivity contribution in [2.24, 2.45) is 0 Å². The van der Waals surface area contributed by atoms with Gasteiger partial charge in [-0.2, -0.15) is 0 Å². The number of hydrogen-bond acceptors (Lipinski definition) is 5. The molecule has 3 aromatic rings. The lowest BCUT2D eigenvalue weighted by molar-refractivity contribution is -0.150. The number of thiophene rings is 1. The number of hydrogen-bond donors (Lipinski definition) is 0. The number of fused-ring (bicyclic) bond motifs is 1. The highest BCUT2D eigenvalue weighted by molar-refractivity contribution is 7.16. The lowest BCUT2D eigenvalue weighted by atomic mass is 9.93. The van der Waals surface area contributed by atoms with Gasteiger partial charge < -0.3 is 14.1 Å². The zero-order chi connectivity index (χ0) is 18.8. The molecule has 2 aromatic heterocycles. The maximum atomic E-state index is 12.9. The van der Waals surface area contributed by atoms with Crippen LogP contribution in [-0.2, 0) is 29.1 Å². The summed E-state index contributed by atoms with van der Waals surface area (Å²) < 4.78 is 11.4. The van der Waals surface area contributed by atoms with Gasteiger partial charge in [-0.05, 0) is 35.4 Å². The molecule has 0 N–H and O–H groups in total. The molecule has 1 aliphatic rings. The van der Waals surface area contributed by atoms with Crippen molar-refractivity contribution in [2.75, 3.05) is 0 Å². The number of carbonyl (C=O) groups is 2. The van der Waals surface area contributed by atoms with Gasteiger partial charge in [-0.25, -0.2) is 4.79 Å². The van der Waals surface area contributed by atoms with Gasteiger partial charge >= 0.3 is 5.97 Å². The van der Waals surface area contributed by atoms with Crippen LogP contribution >= 0.6 is 22.9 Å². The number of furan rings is 1. The van der Waals surface area contributed by atoms with Crippen LogP contribution in [0.4, 0.5) is 0 Å². The number of amides is 1. The number of halogens is 1. The van der Waals surface area contributed by atoms with Crippen molar-refractivity contribution in [1.82, 2.24) is 4.90 Å².